The molecule has 1 aliphatic carbocycles. The molecule has 3 aliphatic rings. The van der Waals surface area contributed by atoms with Crippen molar-refractivity contribution in [3.63, 3.8) is 0 Å². The van der Waals surface area contributed by atoms with Crippen molar-refractivity contribution in [1.29, 1.82) is 0 Å². The standard InChI is InChI=1S/C25H34N6O2/c1-17-12-18(2)14-20(13-17)25(33)30-9-8-29-10-11-31-22(21(29)16-30)27-28-23(31)24(32)26-15-19-6-4-3-5-7-19/h12-14,19,21H,3-11,15-16H2,1-2H3,(H,26,32)/t21-/m1/s1. The lowest BCUT2D eigenvalue weighted by molar-refractivity contribution is 0.0372. The number of benzene rings is 1. The minimum atomic E-state index is -0.133. The van der Waals surface area contributed by atoms with Crippen LogP contribution in [0.2, 0.25) is 0 Å². The maximum Gasteiger partial charge on any atom is 0.289 e. The number of aryl methyl sites for hydroxylation is 2. The molecule has 0 spiro atoms. The summed E-state index contributed by atoms with van der Waals surface area (Å²) in [4.78, 5) is 30.4. The molecule has 1 aromatic carbocycles. The average Bonchev–Trinajstić information content (AvgIpc) is 3.26. The van der Waals surface area contributed by atoms with E-state index in [2.05, 4.69) is 26.5 Å². The van der Waals surface area contributed by atoms with Crippen molar-refractivity contribution in [2.45, 2.75) is 58.5 Å². The van der Waals surface area contributed by atoms with Crippen LogP contribution >= 0.6 is 0 Å². The lowest BCUT2D eigenvalue weighted by Gasteiger charge is -2.43. The Morgan fingerprint density at radius 1 is 0.970 bits per heavy atom. The van der Waals surface area contributed by atoms with Crippen molar-refractivity contribution >= 4 is 11.8 Å². The van der Waals surface area contributed by atoms with E-state index in [9.17, 15) is 9.59 Å². The van der Waals surface area contributed by atoms with Gasteiger partial charge in [-0.1, -0.05) is 36.5 Å². The number of nitrogens with one attached hydrogen (secondary N) is 1. The average molecular weight is 451 g/mol. The molecule has 1 atom stereocenters. The third-order valence-electron chi connectivity index (χ3n) is 7.41. The van der Waals surface area contributed by atoms with Gasteiger partial charge in [0.2, 0.25) is 5.82 Å². The Kier molecular flexibility index (Phi) is 6.19. The van der Waals surface area contributed by atoms with Gasteiger partial charge in [-0.25, -0.2) is 0 Å². The summed E-state index contributed by atoms with van der Waals surface area (Å²) in [5.41, 5.74) is 2.93. The molecule has 33 heavy (non-hydrogen) atoms. The van der Waals surface area contributed by atoms with Gasteiger partial charge in [0.05, 0.1) is 6.04 Å². The number of carbonyl (C=O) groups excluding carboxylic acids is 2. The van der Waals surface area contributed by atoms with Crippen LogP contribution in [0.4, 0.5) is 0 Å². The fourth-order valence-corrected chi connectivity index (χ4v) is 5.68. The highest BCUT2D eigenvalue weighted by Crippen LogP contribution is 2.29. The Labute approximate surface area is 195 Å². The first kappa shape index (κ1) is 22.1. The Hall–Kier alpha value is -2.74. The Morgan fingerprint density at radius 3 is 2.45 bits per heavy atom. The molecule has 8 nitrogen and oxygen atoms in total. The molecular formula is C25H34N6O2. The summed E-state index contributed by atoms with van der Waals surface area (Å²) >= 11 is 0. The molecule has 2 fully saturated rings. The molecule has 3 heterocycles. The van der Waals surface area contributed by atoms with E-state index in [1.165, 1.54) is 32.1 Å². The zero-order valence-electron chi connectivity index (χ0n) is 19.7. The zero-order valence-corrected chi connectivity index (χ0v) is 19.7. The van der Waals surface area contributed by atoms with Crippen LogP contribution in [0.3, 0.4) is 0 Å². The first-order chi connectivity index (χ1) is 16.0. The quantitative estimate of drug-likeness (QED) is 0.774. The van der Waals surface area contributed by atoms with E-state index in [-0.39, 0.29) is 17.9 Å². The molecule has 2 aromatic rings. The first-order valence-electron chi connectivity index (χ1n) is 12.3. The van der Waals surface area contributed by atoms with E-state index in [1.807, 2.05) is 35.4 Å². The number of fused-ring (bicyclic) bond motifs is 3. The summed E-state index contributed by atoms with van der Waals surface area (Å²) in [5.74, 6) is 1.70. The van der Waals surface area contributed by atoms with Gasteiger partial charge in [-0.2, -0.15) is 0 Å². The summed E-state index contributed by atoms with van der Waals surface area (Å²) in [6.07, 6.45) is 6.22. The highest BCUT2D eigenvalue weighted by Gasteiger charge is 2.38. The fraction of sp³-hybridized carbons (Fsp3) is 0.600. The van der Waals surface area contributed by atoms with Crippen LogP contribution in [0, 0.1) is 19.8 Å². The van der Waals surface area contributed by atoms with Gasteiger partial charge in [-0.05, 0) is 44.7 Å². The molecular weight excluding hydrogens is 416 g/mol. The third-order valence-corrected chi connectivity index (χ3v) is 7.41. The third kappa shape index (κ3) is 4.53. The summed E-state index contributed by atoms with van der Waals surface area (Å²) in [6, 6.07) is 5.97. The Bertz CT molecular complexity index is 1020. The minimum absolute atomic E-state index is 0.0326. The minimum Gasteiger partial charge on any atom is -0.349 e. The number of rotatable bonds is 4. The molecule has 1 saturated carbocycles. The van der Waals surface area contributed by atoms with E-state index in [0.717, 1.165) is 42.1 Å². The molecule has 1 aromatic heterocycles. The molecule has 1 N–H and O–H groups in total. The Balaban J connectivity index is 1.29. The van der Waals surface area contributed by atoms with Crippen molar-refractivity contribution in [3.8, 4) is 0 Å². The second-order valence-electron chi connectivity index (χ2n) is 9.93. The normalized spacial score (nSPS) is 21.4. The largest absolute Gasteiger partial charge is 0.349 e. The number of aromatic nitrogens is 3. The highest BCUT2D eigenvalue weighted by atomic mass is 16.2. The van der Waals surface area contributed by atoms with Gasteiger partial charge < -0.3 is 14.8 Å². The second-order valence-corrected chi connectivity index (χ2v) is 9.93. The lowest BCUT2D eigenvalue weighted by atomic mass is 9.89. The molecule has 0 unspecified atom stereocenters. The molecule has 0 bridgehead atoms. The van der Waals surface area contributed by atoms with Gasteiger partial charge in [-0.15, -0.1) is 10.2 Å². The lowest BCUT2D eigenvalue weighted by Crippen LogP contribution is -2.53. The topological polar surface area (TPSA) is 83.4 Å². The monoisotopic (exact) mass is 450 g/mol. The van der Waals surface area contributed by atoms with Crippen LogP contribution in [-0.2, 0) is 6.54 Å². The summed E-state index contributed by atoms with van der Waals surface area (Å²) in [5, 5.41) is 11.8. The summed E-state index contributed by atoms with van der Waals surface area (Å²) < 4.78 is 1.96. The summed E-state index contributed by atoms with van der Waals surface area (Å²) in [6.45, 7) is 8.36. The van der Waals surface area contributed by atoms with Crippen molar-refractivity contribution in [3.05, 3.63) is 46.5 Å². The number of hydrogen-bond donors (Lipinski definition) is 1. The SMILES string of the molecule is Cc1cc(C)cc(C(=O)N2CCN3CCn4c(C(=O)NCC5CCCCC5)nnc4[C@H]3C2)c1. The van der Waals surface area contributed by atoms with Gasteiger partial charge in [0.1, 0.15) is 0 Å². The van der Waals surface area contributed by atoms with Crippen molar-refractivity contribution < 1.29 is 9.59 Å². The van der Waals surface area contributed by atoms with Crippen molar-refractivity contribution in [2.75, 3.05) is 32.7 Å². The number of carbonyl (C=O) groups is 2. The molecule has 8 heteroatoms. The van der Waals surface area contributed by atoms with Gasteiger partial charge >= 0.3 is 0 Å². The van der Waals surface area contributed by atoms with E-state index in [4.69, 9.17) is 0 Å². The predicted molar refractivity (Wildman–Crippen MR) is 125 cm³/mol. The van der Waals surface area contributed by atoms with E-state index >= 15 is 0 Å². The number of piperazine rings is 1. The van der Waals surface area contributed by atoms with Gasteiger partial charge in [0.25, 0.3) is 11.8 Å². The second kappa shape index (κ2) is 9.25. The van der Waals surface area contributed by atoms with Gasteiger partial charge in [0, 0.05) is 44.8 Å². The number of nitrogens with zero attached hydrogens (tertiary/aromatic N) is 5. The van der Waals surface area contributed by atoms with Crippen LogP contribution in [0.25, 0.3) is 0 Å². The van der Waals surface area contributed by atoms with Crippen LogP contribution in [0.1, 0.15) is 76.1 Å². The molecule has 2 amide bonds. The van der Waals surface area contributed by atoms with E-state index < -0.39 is 0 Å². The number of hydrogen-bond acceptors (Lipinski definition) is 5. The van der Waals surface area contributed by atoms with Crippen molar-refractivity contribution in [2.24, 2.45) is 5.92 Å². The van der Waals surface area contributed by atoms with Crippen LogP contribution in [0.15, 0.2) is 18.2 Å². The maximum atomic E-state index is 13.2. The molecule has 176 valence electrons. The maximum absolute atomic E-state index is 13.2. The van der Waals surface area contributed by atoms with Crippen LogP contribution < -0.4 is 5.32 Å². The number of amides is 2. The van der Waals surface area contributed by atoms with Crippen LogP contribution in [0.5, 0.6) is 0 Å². The smallest absolute Gasteiger partial charge is 0.289 e. The summed E-state index contributed by atoms with van der Waals surface area (Å²) in [7, 11) is 0. The van der Waals surface area contributed by atoms with E-state index in [1.54, 1.807) is 0 Å². The van der Waals surface area contributed by atoms with E-state index in [0.29, 0.717) is 31.4 Å². The first-order valence-corrected chi connectivity index (χ1v) is 12.3. The van der Waals surface area contributed by atoms with Gasteiger partial charge in [0.15, 0.2) is 5.82 Å². The van der Waals surface area contributed by atoms with Crippen LogP contribution in [-0.4, -0.2) is 69.1 Å². The molecule has 2 aliphatic heterocycles. The highest BCUT2D eigenvalue weighted by molar-refractivity contribution is 5.94. The Morgan fingerprint density at radius 2 is 1.70 bits per heavy atom. The molecule has 1 saturated heterocycles. The predicted octanol–water partition coefficient (Wildman–Crippen LogP) is 2.72. The molecule has 0 radical (unpaired) electrons. The molecule has 5 rings (SSSR count). The van der Waals surface area contributed by atoms with Crippen molar-refractivity contribution in [1.82, 2.24) is 29.9 Å². The fourth-order valence-electron chi connectivity index (χ4n) is 5.68. The van der Waals surface area contributed by atoms with Gasteiger partial charge in [-0.3, -0.25) is 14.5 Å². The zero-order chi connectivity index (χ0) is 22.9.